The molecule has 1 aliphatic heterocycles. The maximum absolute atomic E-state index is 8.49. The Morgan fingerprint density at radius 1 is 0.738 bits per heavy atom. The number of aliphatic hydroxyl groups is 1. The summed E-state index contributed by atoms with van der Waals surface area (Å²) in [6, 6.07) is 9.87. The van der Waals surface area contributed by atoms with E-state index in [1.54, 1.807) is 12.7 Å². The number of methoxy groups -OCH3 is 1. The molecule has 0 radical (unpaired) electrons. The van der Waals surface area contributed by atoms with Crippen LogP contribution in [0.3, 0.4) is 0 Å². The summed E-state index contributed by atoms with van der Waals surface area (Å²) in [4.78, 5) is 2.58. The summed E-state index contributed by atoms with van der Waals surface area (Å²) >= 11 is 0. The van der Waals surface area contributed by atoms with Crippen molar-refractivity contribution >= 4 is 0 Å². The second-order valence-corrected chi connectivity index (χ2v) is 11.2. The van der Waals surface area contributed by atoms with E-state index in [1.165, 1.54) is 44.2 Å². The first-order valence-corrected chi connectivity index (χ1v) is 15.9. The normalized spacial score (nSPS) is 22.4. The average Bonchev–Trinajstić information content (AvgIpc) is 3.01. The Hall–Kier alpha value is -1.14. The third-order valence-corrected chi connectivity index (χ3v) is 8.49. The van der Waals surface area contributed by atoms with E-state index in [-0.39, 0.29) is 6.61 Å². The van der Waals surface area contributed by atoms with Crippen LogP contribution >= 0.6 is 0 Å². The number of benzene rings is 1. The molecule has 0 amide bonds. The number of hydrogen-bond acceptors (Lipinski definition) is 9. The molecule has 0 aromatic heterocycles. The fourth-order valence-electron chi connectivity index (χ4n) is 6.18. The van der Waals surface area contributed by atoms with Crippen LogP contribution in [0.5, 0.6) is 0 Å². The van der Waals surface area contributed by atoms with Crippen molar-refractivity contribution in [2.45, 2.75) is 57.4 Å². The van der Waals surface area contributed by atoms with E-state index in [0.29, 0.717) is 91.3 Å². The zero-order chi connectivity index (χ0) is 30.3. The number of likely N-dealkylation sites (tertiary alicyclic amines) is 1. The summed E-state index contributed by atoms with van der Waals surface area (Å²) in [5.41, 5.74) is 3.63. The van der Waals surface area contributed by atoms with Gasteiger partial charge in [0, 0.05) is 18.6 Å². The van der Waals surface area contributed by atoms with E-state index >= 15 is 0 Å². The lowest BCUT2D eigenvalue weighted by Crippen LogP contribution is -2.55. The maximum Gasteiger partial charge on any atom is 0.0701 e. The molecule has 1 aliphatic carbocycles. The molecular weight excluding hydrogens is 538 g/mol. The third-order valence-electron chi connectivity index (χ3n) is 8.49. The first-order chi connectivity index (χ1) is 20.6. The lowest BCUT2D eigenvalue weighted by atomic mass is 9.56. The molecule has 1 N–H and O–H groups in total. The molecule has 9 nitrogen and oxygen atoms in total. The number of aliphatic hydroxyl groups excluding tert-OH is 1. The number of nitrogens with zero attached hydrogens (tertiary/aromatic N) is 1. The number of hydrogen-bond donors (Lipinski definition) is 1. The van der Waals surface area contributed by atoms with Crippen molar-refractivity contribution < 1.29 is 38.3 Å². The van der Waals surface area contributed by atoms with Gasteiger partial charge in [0.05, 0.1) is 92.5 Å². The molecule has 42 heavy (non-hydrogen) atoms. The summed E-state index contributed by atoms with van der Waals surface area (Å²) in [7, 11) is 3.95. The van der Waals surface area contributed by atoms with Crippen LogP contribution in [0.25, 0.3) is 0 Å². The summed E-state index contributed by atoms with van der Waals surface area (Å²) < 4.78 is 36.5. The van der Waals surface area contributed by atoms with Crippen molar-refractivity contribution in [3.8, 4) is 0 Å². The number of aryl methyl sites for hydroxylation is 1. The Morgan fingerprint density at radius 2 is 1.24 bits per heavy atom. The molecule has 0 bridgehead atoms. The van der Waals surface area contributed by atoms with Crippen molar-refractivity contribution in [3.05, 3.63) is 35.4 Å². The zero-order valence-corrected chi connectivity index (χ0v) is 26.9. The molecule has 2 fully saturated rings. The highest BCUT2D eigenvalue weighted by Crippen LogP contribution is 2.51. The van der Waals surface area contributed by atoms with Crippen LogP contribution in [0.2, 0.25) is 0 Å². The minimum Gasteiger partial charge on any atom is -0.394 e. The van der Waals surface area contributed by atoms with Crippen molar-refractivity contribution in [2.24, 2.45) is 5.92 Å². The standard InChI is InChI=1S/C18H27N.C15H32O8/c1-14-8-4-5-9-16(14)18-11-7-6-10-17(18)15(2)19(3)13-12-18;1-17-4-5-19-8-9-21-12-13-23-15-14-22-11-10-20-7-6-18-3-2-16/h4-5,8-9,15,17H,6-7,10-13H2,1-3H3;16H,2-15H2,1H3. The molecule has 1 aromatic rings. The Kier molecular flexibility index (Phi) is 20.5. The Morgan fingerprint density at radius 3 is 1.74 bits per heavy atom. The molecule has 3 unspecified atom stereocenters. The lowest BCUT2D eigenvalue weighted by Gasteiger charge is -2.54. The minimum atomic E-state index is 0.0380. The second kappa shape index (κ2) is 23.3. The van der Waals surface area contributed by atoms with Gasteiger partial charge >= 0.3 is 0 Å². The second-order valence-electron chi connectivity index (χ2n) is 11.2. The van der Waals surface area contributed by atoms with Gasteiger partial charge in [-0.15, -0.1) is 0 Å². The molecule has 2 aliphatic rings. The van der Waals surface area contributed by atoms with Gasteiger partial charge in [0.2, 0.25) is 0 Å². The van der Waals surface area contributed by atoms with Crippen LogP contribution < -0.4 is 0 Å². The number of piperidine rings is 1. The SMILES string of the molecule is COCCOCCOCCOCCOCCOCCOCCO.Cc1ccccc1C12CCCCC1C(C)N(C)CC2. The van der Waals surface area contributed by atoms with E-state index in [2.05, 4.69) is 50.1 Å². The summed E-state index contributed by atoms with van der Waals surface area (Å²) in [5, 5.41) is 8.49. The van der Waals surface area contributed by atoms with Gasteiger partial charge < -0.3 is 43.2 Å². The fourth-order valence-corrected chi connectivity index (χ4v) is 6.18. The predicted octanol–water partition coefficient (Wildman–Crippen LogP) is 3.87. The van der Waals surface area contributed by atoms with Gasteiger partial charge in [0.25, 0.3) is 0 Å². The highest BCUT2D eigenvalue weighted by atomic mass is 16.6. The van der Waals surface area contributed by atoms with Gasteiger partial charge in [0.1, 0.15) is 0 Å². The Labute approximate surface area is 255 Å². The predicted molar refractivity (Wildman–Crippen MR) is 165 cm³/mol. The van der Waals surface area contributed by atoms with Gasteiger partial charge in [-0.1, -0.05) is 37.1 Å². The number of rotatable bonds is 21. The number of ether oxygens (including phenoxy) is 7. The molecule has 1 heterocycles. The molecule has 0 spiro atoms. The van der Waals surface area contributed by atoms with Crippen molar-refractivity contribution in [1.29, 1.82) is 0 Å². The largest absolute Gasteiger partial charge is 0.394 e. The Bertz CT molecular complexity index is 764. The quantitative estimate of drug-likeness (QED) is 0.212. The van der Waals surface area contributed by atoms with E-state index in [9.17, 15) is 0 Å². The van der Waals surface area contributed by atoms with Crippen molar-refractivity contribution in [3.63, 3.8) is 0 Å². The van der Waals surface area contributed by atoms with E-state index in [1.807, 2.05) is 0 Å². The molecule has 244 valence electrons. The Balaban J connectivity index is 0.000000297. The van der Waals surface area contributed by atoms with Gasteiger partial charge in [-0.2, -0.15) is 0 Å². The number of fused-ring (bicyclic) bond motifs is 1. The van der Waals surface area contributed by atoms with Crippen LogP contribution in [0.1, 0.15) is 50.2 Å². The lowest BCUT2D eigenvalue weighted by molar-refractivity contribution is -0.0202. The van der Waals surface area contributed by atoms with Crippen LogP contribution in [0, 0.1) is 12.8 Å². The van der Waals surface area contributed by atoms with Crippen LogP contribution in [0.15, 0.2) is 24.3 Å². The van der Waals surface area contributed by atoms with Gasteiger partial charge in [-0.3, -0.25) is 0 Å². The van der Waals surface area contributed by atoms with E-state index < -0.39 is 0 Å². The van der Waals surface area contributed by atoms with Crippen LogP contribution in [0.4, 0.5) is 0 Å². The first kappa shape index (κ1) is 37.0. The first-order valence-electron chi connectivity index (χ1n) is 15.9. The third kappa shape index (κ3) is 13.7. The monoisotopic (exact) mass is 597 g/mol. The molecule has 3 rings (SSSR count). The molecule has 9 heteroatoms. The fraction of sp³-hybridized carbons (Fsp3) is 0.818. The van der Waals surface area contributed by atoms with Gasteiger partial charge in [-0.05, 0) is 63.7 Å². The molecule has 3 atom stereocenters. The van der Waals surface area contributed by atoms with Gasteiger partial charge in [-0.25, -0.2) is 0 Å². The molecule has 1 saturated heterocycles. The molecule has 1 saturated carbocycles. The van der Waals surface area contributed by atoms with Crippen LogP contribution in [-0.4, -0.2) is 129 Å². The van der Waals surface area contributed by atoms with Crippen molar-refractivity contribution in [2.75, 3.05) is 113 Å². The highest BCUT2D eigenvalue weighted by Gasteiger charge is 2.48. The summed E-state index contributed by atoms with van der Waals surface area (Å²) in [6.45, 7) is 12.9. The smallest absolute Gasteiger partial charge is 0.0701 e. The molecular formula is C33H59NO8. The zero-order valence-electron chi connectivity index (χ0n) is 26.9. The van der Waals surface area contributed by atoms with E-state index in [0.717, 1.165) is 12.0 Å². The van der Waals surface area contributed by atoms with Crippen molar-refractivity contribution in [1.82, 2.24) is 4.90 Å². The van der Waals surface area contributed by atoms with E-state index in [4.69, 9.17) is 38.3 Å². The molecule has 1 aromatic carbocycles. The highest BCUT2D eigenvalue weighted by molar-refractivity contribution is 5.36. The maximum atomic E-state index is 8.49. The average molecular weight is 598 g/mol. The summed E-state index contributed by atoms with van der Waals surface area (Å²) in [6.07, 6.45) is 7.02. The topological polar surface area (TPSA) is 88.1 Å². The minimum absolute atomic E-state index is 0.0380. The van der Waals surface area contributed by atoms with Crippen LogP contribution in [-0.2, 0) is 38.6 Å². The summed E-state index contributed by atoms with van der Waals surface area (Å²) in [5.74, 6) is 0.848. The van der Waals surface area contributed by atoms with Gasteiger partial charge in [0.15, 0.2) is 0 Å².